The Hall–Kier alpha value is -3.87. The lowest BCUT2D eigenvalue weighted by atomic mass is 9.99. The number of hydrogen-bond donors (Lipinski definition) is 2. The minimum absolute atomic E-state index is 0. The van der Waals surface area contributed by atoms with E-state index in [0.29, 0.717) is 28.8 Å². The van der Waals surface area contributed by atoms with Gasteiger partial charge in [-0.15, -0.1) is 0 Å². The van der Waals surface area contributed by atoms with E-state index in [1.807, 2.05) is 13.8 Å². The molecule has 1 fully saturated rings. The first-order valence-corrected chi connectivity index (χ1v) is 15.2. The van der Waals surface area contributed by atoms with Gasteiger partial charge < -0.3 is 15.2 Å². The summed E-state index contributed by atoms with van der Waals surface area (Å²) in [6, 6.07) is 4.57. The number of carbonyl (C=O) groups excluding carboxylic acids is 1. The Balaban J connectivity index is 0.00000140. The van der Waals surface area contributed by atoms with Crippen molar-refractivity contribution in [3.05, 3.63) is 59.3 Å². The summed E-state index contributed by atoms with van der Waals surface area (Å²) in [5.74, 6) is 0.359. The van der Waals surface area contributed by atoms with E-state index in [0.717, 1.165) is 11.0 Å². The molecule has 1 amide bonds. The van der Waals surface area contributed by atoms with Gasteiger partial charge >= 0.3 is 12.3 Å². The summed E-state index contributed by atoms with van der Waals surface area (Å²) in [6.07, 6.45) is -0.572. The molecule has 0 aromatic carbocycles. The fourth-order valence-corrected chi connectivity index (χ4v) is 4.25. The number of rotatable bonds is 10. The van der Waals surface area contributed by atoms with E-state index in [1.54, 1.807) is 26.0 Å². The topological polar surface area (TPSA) is 113 Å². The van der Waals surface area contributed by atoms with Crippen molar-refractivity contribution in [2.24, 2.45) is 0 Å². The van der Waals surface area contributed by atoms with Gasteiger partial charge in [0.2, 0.25) is 5.95 Å². The number of unbranched alkanes of at least 4 members (excludes halogenated alkanes) is 1. The van der Waals surface area contributed by atoms with Crippen LogP contribution in [0.1, 0.15) is 90.9 Å². The molecule has 0 radical (unpaired) electrons. The molecule has 1 saturated heterocycles. The summed E-state index contributed by atoms with van der Waals surface area (Å²) in [7, 11) is 0. The number of alkyl halides is 4. The van der Waals surface area contributed by atoms with Gasteiger partial charge in [-0.2, -0.15) is 18.2 Å². The zero-order chi connectivity index (χ0) is 33.7. The molecule has 3 aromatic heterocycles. The standard InChI is InChI=1S/C26H28F4N6O3.C4H10.C2H6.H2/c1-14-9-20(32-12-19(14)17-10-18(5-4-8-37)34-22(11-17)26(28,29)30)16(3)33-24-31-7-6-23(35-24)36-21(15(2)27)13-39-25(36)38;1-3-4-2;1-2;/h6-7,9-12,15-16,21,37H,4-5,8,13H2,1-3H3,(H,31,33,35);3-4H2,1-2H3;1-2H3;1H/t15-,16-,21+;;;/m0.../s1. The average Bonchev–Trinajstić information content (AvgIpc) is 3.42. The van der Waals surface area contributed by atoms with Crippen molar-refractivity contribution in [2.45, 2.75) is 98.6 Å². The number of halogens is 4. The van der Waals surface area contributed by atoms with Gasteiger partial charge in [0.05, 0.1) is 11.7 Å². The molecule has 4 rings (SSSR count). The van der Waals surface area contributed by atoms with Crippen molar-refractivity contribution in [3.63, 3.8) is 0 Å². The second-order valence-electron chi connectivity index (χ2n) is 10.3. The van der Waals surface area contributed by atoms with Crippen LogP contribution in [0.15, 0.2) is 36.7 Å². The Kier molecular flexibility index (Phi) is 14.6. The van der Waals surface area contributed by atoms with Crippen LogP contribution in [0, 0.1) is 6.92 Å². The maximum Gasteiger partial charge on any atom is 0.433 e. The third-order valence-electron chi connectivity index (χ3n) is 6.82. The molecule has 2 N–H and O–H groups in total. The summed E-state index contributed by atoms with van der Waals surface area (Å²) in [6.45, 7) is 13.0. The number of amides is 1. The highest BCUT2D eigenvalue weighted by molar-refractivity contribution is 5.89. The molecular formula is C32H46F4N6O3. The minimum Gasteiger partial charge on any atom is -0.447 e. The zero-order valence-corrected chi connectivity index (χ0v) is 27.0. The Morgan fingerprint density at radius 1 is 1.13 bits per heavy atom. The summed E-state index contributed by atoms with van der Waals surface area (Å²) in [4.78, 5) is 30.0. The maximum absolute atomic E-state index is 14.0. The Labute approximate surface area is 264 Å². The smallest absolute Gasteiger partial charge is 0.433 e. The van der Waals surface area contributed by atoms with Crippen LogP contribution in [0.2, 0.25) is 0 Å². The molecular weight excluding hydrogens is 592 g/mol. The molecule has 3 atom stereocenters. The van der Waals surface area contributed by atoms with Gasteiger partial charge in [0.15, 0.2) is 0 Å². The number of aliphatic hydroxyl groups is 1. The highest BCUT2D eigenvalue weighted by Crippen LogP contribution is 2.33. The van der Waals surface area contributed by atoms with Crippen LogP contribution in [-0.4, -0.2) is 56.6 Å². The predicted octanol–water partition coefficient (Wildman–Crippen LogP) is 8.12. The number of anilines is 2. The van der Waals surface area contributed by atoms with Crippen molar-refractivity contribution in [1.82, 2.24) is 19.9 Å². The summed E-state index contributed by atoms with van der Waals surface area (Å²) in [5.41, 5.74) is 1.33. The van der Waals surface area contributed by atoms with E-state index in [1.165, 1.54) is 38.2 Å². The number of nitrogens with one attached hydrogen (secondary N) is 1. The highest BCUT2D eigenvalue weighted by atomic mass is 19.4. The maximum atomic E-state index is 14.0. The van der Waals surface area contributed by atoms with Crippen molar-refractivity contribution in [1.29, 1.82) is 0 Å². The average molecular weight is 639 g/mol. The van der Waals surface area contributed by atoms with Gasteiger partial charge in [-0.05, 0) is 69.0 Å². The van der Waals surface area contributed by atoms with Gasteiger partial charge in [-0.25, -0.2) is 19.2 Å². The zero-order valence-electron chi connectivity index (χ0n) is 27.0. The molecule has 1 aliphatic heterocycles. The van der Waals surface area contributed by atoms with Crippen LogP contribution in [-0.2, 0) is 17.3 Å². The van der Waals surface area contributed by atoms with Crippen molar-refractivity contribution < 1.29 is 33.6 Å². The number of carbonyl (C=O) groups is 1. The Morgan fingerprint density at radius 3 is 2.40 bits per heavy atom. The van der Waals surface area contributed by atoms with Crippen LogP contribution in [0.3, 0.4) is 0 Å². The number of aliphatic hydroxyl groups excluding tert-OH is 1. The van der Waals surface area contributed by atoms with Gasteiger partial charge in [0.1, 0.15) is 30.3 Å². The molecule has 0 bridgehead atoms. The van der Waals surface area contributed by atoms with Gasteiger partial charge in [-0.3, -0.25) is 9.88 Å². The summed E-state index contributed by atoms with van der Waals surface area (Å²) in [5, 5.41) is 12.2. The molecule has 45 heavy (non-hydrogen) atoms. The van der Waals surface area contributed by atoms with E-state index < -0.39 is 36.2 Å². The molecule has 13 heteroatoms. The third kappa shape index (κ3) is 10.3. The second kappa shape index (κ2) is 17.6. The van der Waals surface area contributed by atoms with E-state index in [-0.39, 0.29) is 38.5 Å². The number of hydrogen-bond acceptors (Lipinski definition) is 8. The van der Waals surface area contributed by atoms with Gasteiger partial charge in [0, 0.05) is 31.7 Å². The number of ether oxygens (including phenoxy) is 1. The molecule has 0 spiro atoms. The summed E-state index contributed by atoms with van der Waals surface area (Å²) < 4.78 is 59.4. The third-order valence-corrected chi connectivity index (χ3v) is 6.82. The van der Waals surface area contributed by atoms with Crippen LogP contribution in [0.5, 0.6) is 0 Å². The fourth-order valence-electron chi connectivity index (χ4n) is 4.25. The lowest BCUT2D eigenvalue weighted by molar-refractivity contribution is -0.141. The quantitative estimate of drug-likeness (QED) is 0.214. The molecule has 250 valence electrons. The second-order valence-corrected chi connectivity index (χ2v) is 10.3. The SMILES string of the molecule is CC.CCCC.Cc1cc([C@H](C)Nc2nccc(N3C(=O)OC[C@@H]3[C@H](C)F)n2)ncc1-c1cc(CCCO)nc(C(F)(F)F)c1.[HH]. The van der Waals surface area contributed by atoms with Crippen molar-refractivity contribution in [3.8, 4) is 11.1 Å². The van der Waals surface area contributed by atoms with Crippen molar-refractivity contribution in [2.75, 3.05) is 23.4 Å². The fraction of sp³-hybridized carbons (Fsp3) is 0.531. The minimum atomic E-state index is -4.62. The van der Waals surface area contributed by atoms with Gasteiger partial charge in [0.25, 0.3) is 0 Å². The largest absolute Gasteiger partial charge is 0.447 e. The number of aromatic nitrogens is 4. The lowest BCUT2D eigenvalue weighted by Gasteiger charge is -2.22. The molecule has 0 saturated carbocycles. The first-order valence-electron chi connectivity index (χ1n) is 15.2. The highest BCUT2D eigenvalue weighted by Gasteiger charge is 2.39. The number of aryl methyl sites for hydroxylation is 2. The molecule has 0 unspecified atom stereocenters. The summed E-state index contributed by atoms with van der Waals surface area (Å²) >= 11 is 0. The van der Waals surface area contributed by atoms with Crippen molar-refractivity contribution >= 4 is 17.9 Å². The normalized spacial score (nSPS) is 15.7. The number of cyclic esters (lactones) is 1. The Bertz CT molecular complexity index is 1380. The first-order chi connectivity index (χ1) is 21.4. The van der Waals surface area contributed by atoms with Crippen LogP contribution >= 0.6 is 0 Å². The molecule has 1 aliphatic rings. The van der Waals surface area contributed by atoms with E-state index >= 15 is 0 Å². The monoisotopic (exact) mass is 638 g/mol. The predicted molar refractivity (Wildman–Crippen MR) is 169 cm³/mol. The van der Waals surface area contributed by atoms with Gasteiger partial charge in [-0.1, -0.05) is 40.5 Å². The molecule has 9 nitrogen and oxygen atoms in total. The van der Waals surface area contributed by atoms with Crippen LogP contribution < -0.4 is 10.2 Å². The first kappa shape index (κ1) is 37.3. The van der Waals surface area contributed by atoms with E-state index in [4.69, 9.17) is 9.84 Å². The molecule has 0 aliphatic carbocycles. The molecule has 4 heterocycles. The number of pyridine rings is 2. The Morgan fingerprint density at radius 2 is 1.82 bits per heavy atom. The van der Waals surface area contributed by atoms with Crippen LogP contribution in [0.4, 0.5) is 34.1 Å². The van der Waals surface area contributed by atoms with Crippen LogP contribution in [0.25, 0.3) is 11.1 Å². The van der Waals surface area contributed by atoms with E-state index in [2.05, 4.69) is 39.1 Å². The molecule has 3 aromatic rings. The number of nitrogens with zero attached hydrogens (tertiary/aromatic N) is 5. The van der Waals surface area contributed by atoms with E-state index in [9.17, 15) is 22.4 Å². The lowest BCUT2D eigenvalue weighted by Crippen LogP contribution is -2.39.